The van der Waals surface area contributed by atoms with Crippen LogP contribution in [0.15, 0.2) is 10.9 Å². The molecule has 0 aromatic carbocycles. The van der Waals surface area contributed by atoms with E-state index in [0.717, 1.165) is 23.9 Å². The molecule has 1 heterocycles. The van der Waals surface area contributed by atoms with Gasteiger partial charge in [-0.15, -0.1) is 0 Å². The van der Waals surface area contributed by atoms with Crippen molar-refractivity contribution in [2.45, 2.75) is 46.5 Å². The van der Waals surface area contributed by atoms with Crippen molar-refractivity contribution in [1.29, 1.82) is 5.26 Å². The molecule has 1 aromatic rings. The molecule has 0 saturated carbocycles. The molecule has 114 valence electrons. The van der Waals surface area contributed by atoms with Gasteiger partial charge in [-0.25, -0.2) is 0 Å². The molecule has 21 heavy (non-hydrogen) atoms. The van der Waals surface area contributed by atoms with Gasteiger partial charge < -0.3 is 5.11 Å². The maximum Gasteiger partial charge on any atom is 0.290 e. The van der Waals surface area contributed by atoms with E-state index in [0.29, 0.717) is 12.0 Å². The smallest absolute Gasteiger partial charge is 0.290 e. The van der Waals surface area contributed by atoms with E-state index in [-0.39, 0.29) is 23.3 Å². The first-order valence-corrected chi connectivity index (χ1v) is 7.12. The number of carbonyl (C=O) groups is 1. The lowest BCUT2D eigenvalue weighted by molar-refractivity contribution is -0.121. The van der Waals surface area contributed by atoms with Gasteiger partial charge in [0.05, 0.1) is 0 Å². The molecule has 6 nitrogen and oxygen atoms in total. The summed E-state index contributed by atoms with van der Waals surface area (Å²) in [5.41, 5.74) is 1.98. The van der Waals surface area contributed by atoms with Gasteiger partial charge in [-0.05, 0) is 25.3 Å². The van der Waals surface area contributed by atoms with Crippen LogP contribution in [0.25, 0.3) is 0 Å². The summed E-state index contributed by atoms with van der Waals surface area (Å²) in [6, 6.07) is 3.07. The first-order valence-electron chi connectivity index (χ1n) is 7.12. The normalized spacial score (nSPS) is 11.7. The number of nitrogens with one attached hydrogen (secondary N) is 1. The highest BCUT2D eigenvalue weighted by molar-refractivity contribution is 5.86. The van der Waals surface area contributed by atoms with E-state index < -0.39 is 5.56 Å². The van der Waals surface area contributed by atoms with Gasteiger partial charge >= 0.3 is 0 Å². The van der Waals surface area contributed by atoms with Crippen LogP contribution in [0.1, 0.15) is 50.7 Å². The van der Waals surface area contributed by atoms with Crippen LogP contribution in [-0.2, 0) is 4.79 Å². The van der Waals surface area contributed by atoms with Crippen LogP contribution in [0.4, 0.5) is 0 Å². The zero-order valence-electron chi connectivity index (χ0n) is 12.6. The van der Waals surface area contributed by atoms with Crippen molar-refractivity contribution >= 4 is 5.91 Å². The summed E-state index contributed by atoms with van der Waals surface area (Å²) in [4.78, 5) is 24.2. The molecule has 0 aliphatic carbocycles. The number of nitrogens with zero attached hydrogens (tertiary/aromatic N) is 2. The van der Waals surface area contributed by atoms with Gasteiger partial charge in [0, 0.05) is 12.0 Å². The topological polar surface area (TPSA) is 95.1 Å². The van der Waals surface area contributed by atoms with E-state index in [1.54, 1.807) is 13.0 Å². The molecule has 2 N–H and O–H groups in total. The maximum atomic E-state index is 12.2. The van der Waals surface area contributed by atoms with Crippen molar-refractivity contribution in [3.8, 4) is 11.9 Å². The van der Waals surface area contributed by atoms with Gasteiger partial charge in [0.25, 0.3) is 5.56 Å². The minimum atomic E-state index is -0.714. The molecular formula is C15H21N3O3. The summed E-state index contributed by atoms with van der Waals surface area (Å²) in [6.45, 7) is 5.50. The lowest BCUT2D eigenvalue weighted by atomic mass is 9.99. The van der Waals surface area contributed by atoms with Gasteiger partial charge in [0.1, 0.15) is 11.6 Å². The number of unbranched alkanes of at least 4 members (excludes halogenated alkanes) is 1. The van der Waals surface area contributed by atoms with Crippen LogP contribution in [0.5, 0.6) is 5.88 Å². The number of amides is 1. The first-order chi connectivity index (χ1) is 9.96. The number of aromatic nitrogens is 1. The molecule has 0 spiro atoms. The number of hydrogen-bond donors (Lipinski definition) is 2. The summed E-state index contributed by atoms with van der Waals surface area (Å²) in [7, 11) is 0. The van der Waals surface area contributed by atoms with Crippen molar-refractivity contribution in [2.24, 2.45) is 5.92 Å². The van der Waals surface area contributed by atoms with E-state index in [9.17, 15) is 14.7 Å². The average Bonchev–Trinajstić information content (AvgIpc) is 2.44. The van der Waals surface area contributed by atoms with Crippen molar-refractivity contribution in [1.82, 2.24) is 4.68 Å². The number of aryl methyl sites for hydroxylation is 1. The quantitative estimate of drug-likeness (QED) is 0.838. The predicted octanol–water partition coefficient (Wildman–Crippen LogP) is 2.02. The highest BCUT2D eigenvalue weighted by Crippen LogP contribution is 2.15. The largest absolute Gasteiger partial charge is 0.493 e. The monoisotopic (exact) mass is 291 g/mol. The van der Waals surface area contributed by atoms with E-state index in [1.165, 1.54) is 6.07 Å². The SMILES string of the molecule is CCCCC(CC)C(=O)Nn1c(O)cc(C)c(C#N)c1=O. The number of pyridine rings is 1. The number of rotatable bonds is 6. The Labute approximate surface area is 124 Å². The molecule has 1 amide bonds. The van der Waals surface area contributed by atoms with E-state index in [4.69, 9.17) is 5.26 Å². The van der Waals surface area contributed by atoms with Crippen molar-refractivity contribution in [2.75, 3.05) is 5.43 Å². The minimum absolute atomic E-state index is 0.0882. The Hall–Kier alpha value is -2.29. The van der Waals surface area contributed by atoms with E-state index >= 15 is 0 Å². The fourth-order valence-electron chi connectivity index (χ4n) is 2.13. The molecule has 0 fully saturated rings. The Morgan fingerprint density at radius 3 is 2.71 bits per heavy atom. The molecule has 0 aliphatic rings. The Morgan fingerprint density at radius 1 is 1.52 bits per heavy atom. The van der Waals surface area contributed by atoms with Crippen LogP contribution in [-0.4, -0.2) is 15.7 Å². The van der Waals surface area contributed by atoms with Gasteiger partial charge in [0.2, 0.25) is 11.8 Å². The number of aromatic hydroxyl groups is 1. The highest BCUT2D eigenvalue weighted by Gasteiger charge is 2.19. The molecule has 1 rings (SSSR count). The average molecular weight is 291 g/mol. The molecular weight excluding hydrogens is 270 g/mol. The lowest BCUT2D eigenvalue weighted by Gasteiger charge is -2.17. The van der Waals surface area contributed by atoms with Crippen LogP contribution in [0.3, 0.4) is 0 Å². The van der Waals surface area contributed by atoms with Crippen LogP contribution in [0, 0.1) is 24.2 Å². The molecule has 1 aromatic heterocycles. The van der Waals surface area contributed by atoms with E-state index in [2.05, 4.69) is 5.43 Å². The zero-order chi connectivity index (χ0) is 16.0. The third-order valence-corrected chi connectivity index (χ3v) is 3.49. The second-order valence-corrected chi connectivity index (χ2v) is 5.04. The predicted molar refractivity (Wildman–Crippen MR) is 79.5 cm³/mol. The second kappa shape index (κ2) is 7.48. The lowest BCUT2D eigenvalue weighted by Crippen LogP contribution is -2.37. The third-order valence-electron chi connectivity index (χ3n) is 3.49. The van der Waals surface area contributed by atoms with Gasteiger partial charge in [-0.2, -0.15) is 9.94 Å². The molecule has 1 unspecified atom stereocenters. The maximum absolute atomic E-state index is 12.2. The Bertz CT molecular complexity index is 614. The third kappa shape index (κ3) is 3.85. The van der Waals surface area contributed by atoms with Crippen molar-refractivity contribution < 1.29 is 9.90 Å². The van der Waals surface area contributed by atoms with Crippen molar-refractivity contribution in [3.63, 3.8) is 0 Å². The van der Waals surface area contributed by atoms with Gasteiger partial charge in [0.15, 0.2) is 0 Å². The number of nitriles is 1. The zero-order valence-corrected chi connectivity index (χ0v) is 12.6. The van der Waals surface area contributed by atoms with Crippen LogP contribution in [0.2, 0.25) is 0 Å². The summed E-state index contributed by atoms with van der Waals surface area (Å²) < 4.78 is 0.739. The van der Waals surface area contributed by atoms with E-state index in [1.807, 2.05) is 13.8 Å². The first kappa shape index (κ1) is 16.8. The fourth-order valence-corrected chi connectivity index (χ4v) is 2.13. The standard InChI is InChI=1S/C15H21N3O3/c1-4-6-7-11(5-2)14(20)17-18-13(19)8-10(3)12(9-16)15(18)21/h8,11,19H,4-7H2,1-3H3,(H,17,20). The Kier molecular flexibility index (Phi) is 5.97. The molecule has 1 atom stereocenters. The second-order valence-electron chi connectivity index (χ2n) is 5.04. The summed E-state index contributed by atoms with van der Waals surface area (Å²) in [5.74, 6) is -0.922. The molecule has 6 heteroatoms. The highest BCUT2D eigenvalue weighted by atomic mass is 16.3. The van der Waals surface area contributed by atoms with Gasteiger partial charge in [-0.1, -0.05) is 26.7 Å². The number of carbonyl (C=O) groups excluding carboxylic acids is 1. The Morgan fingerprint density at radius 2 is 2.19 bits per heavy atom. The number of hydrogen-bond acceptors (Lipinski definition) is 4. The van der Waals surface area contributed by atoms with Crippen LogP contribution >= 0.6 is 0 Å². The van der Waals surface area contributed by atoms with Crippen LogP contribution < -0.4 is 11.0 Å². The molecule has 0 bridgehead atoms. The Balaban J connectivity index is 3.05. The summed E-state index contributed by atoms with van der Waals surface area (Å²) in [5, 5.41) is 18.8. The fraction of sp³-hybridized carbons (Fsp3) is 0.533. The molecule has 0 saturated heterocycles. The minimum Gasteiger partial charge on any atom is -0.493 e. The summed E-state index contributed by atoms with van der Waals surface area (Å²) in [6.07, 6.45) is 3.28. The van der Waals surface area contributed by atoms with Crippen molar-refractivity contribution in [3.05, 3.63) is 27.5 Å². The molecule has 0 aliphatic heterocycles. The summed E-state index contributed by atoms with van der Waals surface area (Å²) >= 11 is 0. The van der Waals surface area contributed by atoms with Gasteiger partial charge in [-0.3, -0.25) is 15.0 Å². The molecule has 0 radical (unpaired) electrons.